The van der Waals surface area contributed by atoms with E-state index in [9.17, 15) is 37.2 Å². The number of benzene rings is 5. The zero-order chi connectivity index (χ0) is 43.6. The molecular weight excluding hydrogens is 876 g/mol. The molecule has 0 unspecified atom stereocenters. The van der Waals surface area contributed by atoms with Crippen molar-refractivity contribution in [3.8, 4) is 16.9 Å². The van der Waals surface area contributed by atoms with Gasteiger partial charge in [-0.2, -0.15) is 0 Å². The molecule has 64 heavy (non-hydrogen) atoms. The number of carbonyl (C=O) groups excluding carboxylic acids is 3. The third kappa shape index (κ3) is 10.5. The van der Waals surface area contributed by atoms with Gasteiger partial charge in [0.1, 0.15) is 25.8 Å². The molecule has 0 saturated carbocycles. The van der Waals surface area contributed by atoms with Crippen LogP contribution in [0.4, 0.5) is 0 Å². The second kappa shape index (κ2) is 20.9. The van der Waals surface area contributed by atoms with Crippen LogP contribution < -0.4 is 73.4 Å². The van der Waals surface area contributed by atoms with E-state index in [1.54, 1.807) is 51.5 Å². The van der Waals surface area contributed by atoms with Gasteiger partial charge in [0.2, 0.25) is 17.7 Å². The molecule has 6 aromatic rings. The molecule has 2 fully saturated rings. The first kappa shape index (κ1) is 49.1. The van der Waals surface area contributed by atoms with E-state index in [2.05, 4.69) is 11.1 Å². The SMILES string of the molecule is C=CCN1CC(=O)N2[C@@H](Cc3ccc(OP(=O)([O-])[O-])cc3)C(=O)N(Cc3cccc4c(-c5ccccc5)cn(S(=O)(=O)c5ccccc5)c34)C[C@@H]2N1C(=O)CCc1ccccc1.[Na+].[Na+]. The average Bonchev–Trinajstić information content (AvgIpc) is 3.67. The number of hydrogen-bond donors (Lipinski definition) is 0. The van der Waals surface area contributed by atoms with Crippen LogP contribution in [0.15, 0.2) is 157 Å². The van der Waals surface area contributed by atoms with Gasteiger partial charge in [-0.25, -0.2) is 22.4 Å². The van der Waals surface area contributed by atoms with Gasteiger partial charge in [0, 0.05) is 43.1 Å². The van der Waals surface area contributed by atoms with Crippen molar-refractivity contribution in [2.75, 3.05) is 19.6 Å². The Hall–Kier alpha value is -4.35. The summed E-state index contributed by atoms with van der Waals surface area (Å²) in [7, 11) is -9.50. The van der Waals surface area contributed by atoms with E-state index >= 15 is 0 Å². The first-order valence-corrected chi connectivity index (χ1v) is 22.8. The fraction of sp³-hybridized carbons (Fsp3) is 0.196. The van der Waals surface area contributed by atoms with Gasteiger partial charge in [0.25, 0.3) is 10.0 Å². The molecule has 14 nitrogen and oxygen atoms in total. The monoisotopic (exact) mass is 917 g/mol. The molecule has 0 spiro atoms. The molecular formula is C46H42N5Na2O9PS. The first-order valence-electron chi connectivity index (χ1n) is 19.9. The van der Waals surface area contributed by atoms with E-state index in [4.69, 9.17) is 0 Å². The Morgan fingerprint density at radius 2 is 1.47 bits per heavy atom. The molecule has 5 aromatic carbocycles. The summed E-state index contributed by atoms with van der Waals surface area (Å²) in [6.45, 7) is 3.65. The Balaban J connectivity index is 0.00000340. The summed E-state index contributed by atoms with van der Waals surface area (Å²) >= 11 is 0. The Morgan fingerprint density at radius 1 is 0.828 bits per heavy atom. The van der Waals surface area contributed by atoms with Crippen LogP contribution in [-0.4, -0.2) is 81.8 Å². The number of aryl methyl sites for hydroxylation is 1. The number of phosphoric ester groups is 1. The summed E-state index contributed by atoms with van der Waals surface area (Å²) in [6.07, 6.45) is 2.72. The predicted molar refractivity (Wildman–Crippen MR) is 228 cm³/mol. The van der Waals surface area contributed by atoms with E-state index in [1.807, 2.05) is 72.8 Å². The number of piperazine rings is 1. The standard InChI is InChI=1S/C46H44N5O9PS.2Na/c1-2-27-48-32-44(53)50-41(28-34-21-24-37(25-22-34)60-61(55,56)57)46(54)47(31-42(50)51(48)43(52)26-23-33-13-6-3-7-14-33)29-36-17-12-20-39-40(35-15-8-4-9-16-35)30-49(45(36)39)62(58,59)38-18-10-5-11-19-38;;/h2-22,24-25,30,41-42H,1,23,26-29,31-32H2,(H2,55,56,57);;/q;2*+1/p-2/t41-,42-;;/m0../s1. The van der Waals surface area contributed by atoms with Crippen molar-refractivity contribution in [3.63, 3.8) is 0 Å². The molecule has 8 rings (SSSR count). The number of aromatic nitrogens is 1. The minimum absolute atomic E-state index is 0. The summed E-state index contributed by atoms with van der Waals surface area (Å²) < 4.78 is 46.0. The van der Waals surface area contributed by atoms with Crippen molar-refractivity contribution in [2.24, 2.45) is 0 Å². The molecule has 0 radical (unpaired) electrons. The first-order chi connectivity index (χ1) is 29.8. The molecule has 0 aliphatic carbocycles. The normalized spacial score (nSPS) is 16.8. The summed E-state index contributed by atoms with van der Waals surface area (Å²) in [6, 6.07) is 36.9. The number of para-hydroxylation sites is 1. The number of carbonyl (C=O) groups is 3. The topological polar surface area (TPSA) is 176 Å². The third-order valence-corrected chi connectivity index (χ3v) is 13.2. The molecule has 0 N–H and O–H groups in total. The van der Waals surface area contributed by atoms with Gasteiger partial charge in [-0.05, 0) is 52.9 Å². The minimum Gasteiger partial charge on any atom is -0.780 e. The molecule has 2 aliphatic rings. The zero-order valence-corrected chi connectivity index (χ0v) is 41.1. The number of hydrogen-bond acceptors (Lipinski definition) is 10. The van der Waals surface area contributed by atoms with Crippen LogP contribution in [-0.2, 0) is 48.4 Å². The van der Waals surface area contributed by atoms with Crippen molar-refractivity contribution in [2.45, 2.75) is 42.9 Å². The average molecular weight is 918 g/mol. The fourth-order valence-corrected chi connectivity index (χ4v) is 10.2. The Labute approximate surface area is 416 Å². The summed E-state index contributed by atoms with van der Waals surface area (Å²) in [5.74, 6) is -1.32. The number of nitrogens with zero attached hydrogens (tertiary/aromatic N) is 5. The van der Waals surface area contributed by atoms with Gasteiger partial charge >= 0.3 is 59.1 Å². The van der Waals surface area contributed by atoms with Gasteiger partial charge < -0.3 is 28.7 Å². The quantitative estimate of drug-likeness (QED) is 0.0730. The van der Waals surface area contributed by atoms with E-state index in [0.29, 0.717) is 34.0 Å². The van der Waals surface area contributed by atoms with Crippen molar-refractivity contribution >= 4 is 46.5 Å². The Morgan fingerprint density at radius 3 is 2.11 bits per heavy atom. The maximum atomic E-state index is 15.0. The van der Waals surface area contributed by atoms with Crippen molar-refractivity contribution in [1.82, 2.24) is 23.8 Å². The smallest absolute Gasteiger partial charge is 0.780 e. The van der Waals surface area contributed by atoms with Gasteiger partial charge in [-0.15, -0.1) is 6.58 Å². The molecule has 0 bridgehead atoms. The van der Waals surface area contributed by atoms with Gasteiger partial charge in [0.15, 0.2) is 0 Å². The van der Waals surface area contributed by atoms with Crippen LogP contribution in [0.1, 0.15) is 23.1 Å². The number of hydrazine groups is 1. The second-order valence-corrected chi connectivity index (χ2v) is 18.0. The molecule has 3 heterocycles. The summed E-state index contributed by atoms with van der Waals surface area (Å²) in [5, 5.41) is 3.82. The van der Waals surface area contributed by atoms with Crippen LogP contribution in [0.5, 0.6) is 5.75 Å². The molecule has 3 amide bonds. The van der Waals surface area contributed by atoms with Crippen LogP contribution in [0.2, 0.25) is 0 Å². The molecule has 2 saturated heterocycles. The molecule has 318 valence electrons. The Kier molecular flexibility index (Phi) is 16.0. The van der Waals surface area contributed by atoms with Gasteiger partial charge in [-0.3, -0.25) is 14.4 Å². The molecule has 2 aliphatic heterocycles. The number of rotatable bonds is 14. The zero-order valence-electron chi connectivity index (χ0n) is 35.4. The summed E-state index contributed by atoms with van der Waals surface area (Å²) in [4.78, 5) is 69.3. The maximum Gasteiger partial charge on any atom is 1.00 e. The maximum absolute atomic E-state index is 15.0. The second-order valence-electron chi connectivity index (χ2n) is 15.1. The van der Waals surface area contributed by atoms with Crippen molar-refractivity contribution in [1.29, 1.82) is 0 Å². The molecule has 18 heteroatoms. The fourth-order valence-electron chi connectivity index (χ4n) is 8.35. The number of phosphoric acid groups is 1. The van der Waals surface area contributed by atoms with E-state index < -0.39 is 41.9 Å². The third-order valence-electron chi connectivity index (χ3n) is 11.1. The number of amides is 3. The van der Waals surface area contributed by atoms with Crippen LogP contribution in [0, 0.1) is 0 Å². The number of fused-ring (bicyclic) bond motifs is 2. The van der Waals surface area contributed by atoms with E-state index in [-0.39, 0.29) is 115 Å². The molecule has 1 aromatic heterocycles. The minimum atomic E-state index is -5.34. The molecule has 2 atom stereocenters. The van der Waals surface area contributed by atoms with Crippen LogP contribution >= 0.6 is 7.82 Å². The predicted octanol–water partition coefficient (Wildman–Crippen LogP) is -1.25. The van der Waals surface area contributed by atoms with Gasteiger partial charge in [-0.1, -0.05) is 115 Å². The summed E-state index contributed by atoms with van der Waals surface area (Å²) in [5.41, 5.74) is 3.81. The van der Waals surface area contributed by atoms with Crippen molar-refractivity contribution in [3.05, 3.63) is 169 Å². The van der Waals surface area contributed by atoms with Crippen LogP contribution in [0.25, 0.3) is 22.0 Å². The van der Waals surface area contributed by atoms with E-state index in [1.165, 1.54) is 45.3 Å². The van der Waals surface area contributed by atoms with Crippen LogP contribution in [0.3, 0.4) is 0 Å². The van der Waals surface area contributed by atoms with Crippen molar-refractivity contribution < 1.29 is 101 Å². The Bertz CT molecular complexity index is 2800. The van der Waals surface area contributed by atoms with E-state index in [0.717, 1.165) is 11.1 Å². The largest absolute Gasteiger partial charge is 1.00 e. The van der Waals surface area contributed by atoms with Gasteiger partial charge in [0.05, 0.1) is 23.5 Å².